The second kappa shape index (κ2) is 5.29. The van der Waals surface area contributed by atoms with Crippen LogP contribution in [-0.2, 0) is 0 Å². The first-order chi connectivity index (χ1) is 8.61. The molecule has 2 aromatic rings. The molecule has 0 radical (unpaired) electrons. The van der Waals surface area contributed by atoms with Crippen molar-refractivity contribution in [3.63, 3.8) is 0 Å². The zero-order valence-electron chi connectivity index (χ0n) is 9.60. The normalized spacial score (nSPS) is 12.2. The van der Waals surface area contributed by atoms with E-state index in [4.69, 9.17) is 22.1 Å². The minimum Gasteiger partial charge on any atom is -0.481 e. The van der Waals surface area contributed by atoms with Crippen molar-refractivity contribution in [1.29, 1.82) is 0 Å². The van der Waals surface area contributed by atoms with Gasteiger partial charge < -0.3 is 10.5 Å². The molecule has 0 spiro atoms. The fraction of sp³-hybridized carbons (Fsp3) is 0.167. The van der Waals surface area contributed by atoms with Gasteiger partial charge in [0.2, 0.25) is 5.88 Å². The molecule has 0 saturated carbocycles. The highest BCUT2D eigenvalue weighted by Gasteiger charge is 2.15. The molecule has 1 heterocycles. The average molecular weight is 268 g/mol. The first-order valence-electron chi connectivity index (χ1n) is 5.18. The van der Waals surface area contributed by atoms with Crippen molar-refractivity contribution in [2.24, 2.45) is 5.73 Å². The van der Waals surface area contributed by atoms with E-state index in [1.54, 1.807) is 6.07 Å². The molecular weight excluding hydrogens is 257 g/mol. The van der Waals surface area contributed by atoms with Gasteiger partial charge in [0.15, 0.2) is 0 Å². The average Bonchev–Trinajstić information content (AvgIpc) is 2.41. The van der Waals surface area contributed by atoms with E-state index in [0.29, 0.717) is 22.2 Å². The molecule has 0 bridgehead atoms. The Bertz CT molecular complexity index is 565. The fourth-order valence-corrected chi connectivity index (χ4v) is 1.78. The van der Waals surface area contributed by atoms with Crippen molar-refractivity contribution in [2.75, 3.05) is 7.11 Å². The molecule has 18 heavy (non-hydrogen) atoms. The van der Waals surface area contributed by atoms with Gasteiger partial charge in [-0.1, -0.05) is 11.6 Å². The summed E-state index contributed by atoms with van der Waals surface area (Å²) >= 11 is 5.99. The third-order valence-corrected chi connectivity index (χ3v) is 2.83. The van der Waals surface area contributed by atoms with Crippen LogP contribution in [0.1, 0.15) is 17.3 Å². The summed E-state index contributed by atoms with van der Waals surface area (Å²) in [7, 11) is 1.49. The standard InChI is InChI=1S/C12H11ClFN3O/c1-18-11-5-10(16-6-17-11)12(15)8-4-7(14)2-3-9(8)13/h2-6,12H,15H2,1H3. The fourth-order valence-electron chi connectivity index (χ4n) is 1.55. The molecule has 1 unspecified atom stereocenters. The lowest BCUT2D eigenvalue weighted by Gasteiger charge is -2.13. The van der Waals surface area contributed by atoms with Gasteiger partial charge in [0.05, 0.1) is 18.8 Å². The van der Waals surface area contributed by atoms with Crippen LogP contribution in [-0.4, -0.2) is 17.1 Å². The van der Waals surface area contributed by atoms with Gasteiger partial charge in [-0.25, -0.2) is 14.4 Å². The summed E-state index contributed by atoms with van der Waals surface area (Å²) in [4.78, 5) is 7.92. The first kappa shape index (κ1) is 12.7. The molecule has 6 heteroatoms. The zero-order chi connectivity index (χ0) is 13.1. The van der Waals surface area contributed by atoms with Gasteiger partial charge in [0, 0.05) is 11.1 Å². The van der Waals surface area contributed by atoms with Crippen molar-refractivity contribution >= 4 is 11.6 Å². The summed E-state index contributed by atoms with van der Waals surface area (Å²) in [6, 6.07) is 4.99. The molecule has 4 nitrogen and oxygen atoms in total. The third-order valence-electron chi connectivity index (χ3n) is 2.48. The number of rotatable bonds is 3. The quantitative estimate of drug-likeness (QED) is 0.927. The second-order valence-corrected chi connectivity index (χ2v) is 4.04. The number of halogens is 2. The molecule has 0 aliphatic rings. The van der Waals surface area contributed by atoms with Crippen LogP contribution in [0.25, 0.3) is 0 Å². The van der Waals surface area contributed by atoms with Crippen LogP contribution >= 0.6 is 11.6 Å². The van der Waals surface area contributed by atoms with Crippen LogP contribution in [0.3, 0.4) is 0 Å². The van der Waals surface area contributed by atoms with E-state index < -0.39 is 11.9 Å². The third kappa shape index (κ3) is 2.57. The van der Waals surface area contributed by atoms with E-state index in [1.165, 1.54) is 31.6 Å². The predicted octanol–water partition coefficient (Wildman–Crippen LogP) is 2.33. The molecule has 1 aromatic heterocycles. The van der Waals surface area contributed by atoms with Gasteiger partial charge in [-0.15, -0.1) is 0 Å². The van der Waals surface area contributed by atoms with Crippen LogP contribution in [0.2, 0.25) is 5.02 Å². The smallest absolute Gasteiger partial charge is 0.216 e. The number of hydrogen-bond donors (Lipinski definition) is 1. The van der Waals surface area contributed by atoms with Crippen LogP contribution in [0.5, 0.6) is 5.88 Å². The molecule has 94 valence electrons. The zero-order valence-corrected chi connectivity index (χ0v) is 10.4. The van der Waals surface area contributed by atoms with Gasteiger partial charge in [-0.2, -0.15) is 0 Å². The largest absolute Gasteiger partial charge is 0.481 e. The molecular formula is C12H11ClFN3O. The van der Waals surface area contributed by atoms with E-state index in [-0.39, 0.29) is 0 Å². The minimum atomic E-state index is -0.634. The van der Waals surface area contributed by atoms with Crippen LogP contribution in [0, 0.1) is 5.82 Å². The van der Waals surface area contributed by atoms with Gasteiger partial charge in [-0.3, -0.25) is 0 Å². The summed E-state index contributed by atoms with van der Waals surface area (Å²) < 4.78 is 18.2. The van der Waals surface area contributed by atoms with Gasteiger partial charge in [-0.05, 0) is 23.8 Å². The Morgan fingerprint density at radius 1 is 1.33 bits per heavy atom. The summed E-state index contributed by atoms with van der Waals surface area (Å²) in [5.74, 6) is -0.00570. The summed E-state index contributed by atoms with van der Waals surface area (Å²) in [5.41, 5.74) is 6.99. The van der Waals surface area contributed by atoms with Gasteiger partial charge in [0.25, 0.3) is 0 Å². The number of ether oxygens (including phenoxy) is 1. The monoisotopic (exact) mass is 267 g/mol. The maximum absolute atomic E-state index is 13.2. The molecule has 1 aromatic carbocycles. The van der Waals surface area contributed by atoms with Crippen LogP contribution in [0.15, 0.2) is 30.6 Å². The lowest BCUT2D eigenvalue weighted by atomic mass is 10.0. The Balaban J connectivity index is 2.40. The highest BCUT2D eigenvalue weighted by atomic mass is 35.5. The Kier molecular flexibility index (Phi) is 3.74. The maximum atomic E-state index is 13.2. The Morgan fingerprint density at radius 3 is 2.83 bits per heavy atom. The summed E-state index contributed by atoms with van der Waals surface area (Å²) in [5, 5.41) is 0.390. The predicted molar refractivity (Wildman–Crippen MR) is 66.0 cm³/mol. The first-order valence-corrected chi connectivity index (χ1v) is 5.56. The lowest BCUT2D eigenvalue weighted by Crippen LogP contribution is -2.14. The highest BCUT2D eigenvalue weighted by molar-refractivity contribution is 6.31. The number of nitrogens with zero attached hydrogens (tertiary/aromatic N) is 2. The van der Waals surface area contributed by atoms with E-state index in [9.17, 15) is 4.39 Å². The highest BCUT2D eigenvalue weighted by Crippen LogP contribution is 2.27. The molecule has 0 fully saturated rings. The molecule has 0 aliphatic carbocycles. The number of hydrogen-bond acceptors (Lipinski definition) is 4. The maximum Gasteiger partial charge on any atom is 0.216 e. The Labute approximate surface area is 109 Å². The van der Waals surface area contributed by atoms with Crippen LogP contribution in [0.4, 0.5) is 4.39 Å². The Morgan fingerprint density at radius 2 is 2.11 bits per heavy atom. The number of aromatic nitrogens is 2. The van der Waals surface area contributed by atoms with Crippen LogP contribution < -0.4 is 10.5 Å². The molecule has 0 amide bonds. The van der Waals surface area contributed by atoms with E-state index >= 15 is 0 Å². The van der Waals surface area contributed by atoms with E-state index in [2.05, 4.69) is 9.97 Å². The van der Waals surface area contributed by atoms with Gasteiger partial charge in [0.1, 0.15) is 12.1 Å². The molecule has 1 atom stereocenters. The topological polar surface area (TPSA) is 61.0 Å². The van der Waals surface area contributed by atoms with Crippen molar-refractivity contribution in [3.8, 4) is 5.88 Å². The summed E-state index contributed by atoms with van der Waals surface area (Å²) in [6.45, 7) is 0. The van der Waals surface area contributed by atoms with E-state index in [1.807, 2.05) is 0 Å². The minimum absolute atomic E-state index is 0.390. The SMILES string of the molecule is COc1cc(C(N)c2cc(F)ccc2Cl)ncn1. The molecule has 0 aliphatic heterocycles. The van der Waals surface area contributed by atoms with E-state index in [0.717, 1.165) is 0 Å². The van der Waals surface area contributed by atoms with Crippen molar-refractivity contribution in [3.05, 3.63) is 52.7 Å². The van der Waals surface area contributed by atoms with Crippen molar-refractivity contribution in [1.82, 2.24) is 9.97 Å². The lowest BCUT2D eigenvalue weighted by molar-refractivity contribution is 0.395. The van der Waals surface area contributed by atoms with Crippen molar-refractivity contribution in [2.45, 2.75) is 6.04 Å². The summed E-state index contributed by atoms with van der Waals surface area (Å²) in [6.07, 6.45) is 1.33. The number of methoxy groups -OCH3 is 1. The Hall–Kier alpha value is -1.72. The number of nitrogens with two attached hydrogens (primary N) is 1. The van der Waals surface area contributed by atoms with Gasteiger partial charge >= 0.3 is 0 Å². The molecule has 2 rings (SSSR count). The molecule has 0 saturated heterocycles. The second-order valence-electron chi connectivity index (χ2n) is 3.63. The number of benzene rings is 1. The van der Waals surface area contributed by atoms with Crippen molar-refractivity contribution < 1.29 is 9.13 Å². The molecule has 2 N–H and O–H groups in total.